The number of halogens is 1. The number of benzene rings is 1. The van der Waals surface area contributed by atoms with E-state index in [-0.39, 0.29) is 5.91 Å². The number of rotatable bonds is 3. The number of carbonyl (C=O) groups is 1. The first-order valence-electron chi connectivity index (χ1n) is 6.91. The highest BCUT2D eigenvalue weighted by atomic mass is 127. The molecule has 0 saturated heterocycles. The molecule has 2 N–H and O–H groups in total. The molecule has 0 atom stereocenters. The second-order valence-corrected chi connectivity index (χ2v) is 5.84. The second kappa shape index (κ2) is 6.15. The quantitative estimate of drug-likeness (QED) is 0.619. The molecule has 1 aromatic heterocycles. The summed E-state index contributed by atoms with van der Waals surface area (Å²) in [6, 6.07) is 7.91. The third-order valence-corrected chi connectivity index (χ3v) is 4.32. The van der Waals surface area contributed by atoms with Gasteiger partial charge in [0.05, 0.1) is 4.55 Å². The van der Waals surface area contributed by atoms with Crippen LogP contribution >= 0.6 is 22.6 Å². The van der Waals surface area contributed by atoms with Gasteiger partial charge in [-0.05, 0) is 49.2 Å². The fourth-order valence-corrected chi connectivity index (χ4v) is 3.18. The van der Waals surface area contributed by atoms with Gasteiger partial charge in [-0.15, -0.1) is 0 Å². The molecule has 0 radical (unpaired) electrons. The van der Waals surface area contributed by atoms with Crippen LogP contribution in [0.25, 0.3) is 0 Å². The highest BCUT2D eigenvalue weighted by molar-refractivity contribution is 14.1. The molecule has 1 aliphatic heterocycles. The number of carbonyl (C=O) groups excluding carboxylic acids is 1. The number of anilines is 1. The van der Waals surface area contributed by atoms with Crippen molar-refractivity contribution >= 4 is 34.2 Å². The average Bonchev–Trinajstić information content (AvgIpc) is 2.88. The van der Waals surface area contributed by atoms with Gasteiger partial charge in [-0.25, -0.2) is 0 Å². The number of aromatic nitrogens is 2. The zero-order chi connectivity index (χ0) is 14.8. The molecule has 0 aliphatic carbocycles. The lowest BCUT2D eigenvalue weighted by Crippen LogP contribution is -2.23. The number of aryl methyl sites for hydroxylation is 1. The lowest BCUT2D eigenvalue weighted by Gasteiger charge is -2.17. The smallest absolute Gasteiger partial charge is 0.276 e. The van der Waals surface area contributed by atoms with Crippen LogP contribution in [0.4, 0.5) is 5.69 Å². The number of nitrogens with zero attached hydrogens (tertiary/aromatic N) is 2. The zero-order valence-corrected chi connectivity index (χ0v) is 14.0. The van der Waals surface area contributed by atoms with Crippen LogP contribution in [0.5, 0.6) is 0 Å². The van der Waals surface area contributed by atoms with Crippen molar-refractivity contribution in [2.45, 2.75) is 24.4 Å². The maximum Gasteiger partial charge on any atom is 0.276 e. The minimum absolute atomic E-state index is 0.157. The molecule has 0 spiro atoms. The summed E-state index contributed by atoms with van der Waals surface area (Å²) in [5, 5.41) is 10.6. The lowest BCUT2D eigenvalue weighted by atomic mass is 10.0. The Hall–Kier alpha value is -1.41. The van der Waals surface area contributed by atoms with Crippen molar-refractivity contribution in [2.75, 3.05) is 11.9 Å². The number of fused-ring (bicyclic) bond motifs is 1. The third-order valence-electron chi connectivity index (χ3n) is 3.68. The van der Waals surface area contributed by atoms with E-state index in [1.165, 1.54) is 11.1 Å². The number of hydrogen-bond acceptors (Lipinski definition) is 3. The third kappa shape index (κ3) is 3.11. The van der Waals surface area contributed by atoms with Crippen LogP contribution in [0.1, 0.15) is 27.3 Å². The fraction of sp³-hybridized carbons (Fsp3) is 0.333. The summed E-state index contributed by atoms with van der Waals surface area (Å²) in [5.41, 5.74) is 4.90. The number of nitrogens with one attached hydrogen (secondary N) is 2. The van der Waals surface area contributed by atoms with Gasteiger partial charge in [0.15, 0.2) is 5.69 Å². The van der Waals surface area contributed by atoms with E-state index in [1.807, 2.05) is 23.7 Å². The van der Waals surface area contributed by atoms with Gasteiger partial charge in [-0.1, -0.05) is 28.7 Å². The summed E-state index contributed by atoms with van der Waals surface area (Å²) in [5.74, 6) is -0.157. The van der Waals surface area contributed by atoms with E-state index in [4.69, 9.17) is 0 Å². The van der Waals surface area contributed by atoms with Gasteiger partial charge in [-0.2, -0.15) is 5.10 Å². The van der Waals surface area contributed by atoms with Gasteiger partial charge in [0, 0.05) is 17.9 Å². The molecular weight excluding hydrogens is 379 g/mol. The molecule has 1 aliphatic rings. The van der Waals surface area contributed by atoms with E-state index in [0.29, 0.717) is 5.69 Å². The Morgan fingerprint density at radius 2 is 2.29 bits per heavy atom. The molecule has 6 heteroatoms. The maximum atomic E-state index is 12.3. The summed E-state index contributed by atoms with van der Waals surface area (Å²) in [6.45, 7) is 3.85. The highest BCUT2D eigenvalue weighted by Crippen LogP contribution is 2.19. The van der Waals surface area contributed by atoms with Crippen LogP contribution in [0, 0.1) is 6.92 Å². The molecule has 5 nitrogen and oxygen atoms in total. The van der Waals surface area contributed by atoms with Gasteiger partial charge >= 0.3 is 0 Å². The minimum Gasteiger partial charge on any atom is -0.321 e. The van der Waals surface area contributed by atoms with Crippen molar-refractivity contribution in [2.24, 2.45) is 0 Å². The van der Waals surface area contributed by atoms with Gasteiger partial charge in [-0.3, -0.25) is 9.48 Å². The number of hydrogen-bond donors (Lipinski definition) is 2. The Bertz CT molecular complexity index is 680. The van der Waals surface area contributed by atoms with E-state index in [0.717, 1.165) is 35.4 Å². The highest BCUT2D eigenvalue weighted by Gasteiger charge is 2.14. The topological polar surface area (TPSA) is 59.0 Å². The first-order valence-corrected chi connectivity index (χ1v) is 8.44. The van der Waals surface area contributed by atoms with Crippen molar-refractivity contribution < 1.29 is 4.79 Å². The molecular formula is C15H17IN4O. The maximum absolute atomic E-state index is 12.3. The second-order valence-electron chi connectivity index (χ2n) is 5.15. The van der Waals surface area contributed by atoms with E-state index in [2.05, 4.69) is 50.5 Å². The first kappa shape index (κ1) is 14.5. The Kier molecular flexibility index (Phi) is 4.25. The van der Waals surface area contributed by atoms with Gasteiger partial charge in [0.1, 0.15) is 0 Å². The van der Waals surface area contributed by atoms with E-state index in [9.17, 15) is 4.79 Å². The Labute approximate surface area is 137 Å². The van der Waals surface area contributed by atoms with Crippen LogP contribution in [0.15, 0.2) is 24.3 Å². The predicted molar refractivity (Wildman–Crippen MR) is 90.8 cm³/mol. The predicted octanol–water partition coefficient (Wildman–Crippen LogP) is 2.48. The molecule has 0 bridgehead atoms. The molecule has 0 unspecified atom stereocenters. The van der Waals surface area contributed by atoms with Gasteiger partial charge in [0.2, 0.25) is 0 Å². The normalized spacial score (nSPS) is 13.8. The van der Waals surface area contributed by atoms with Crippen molar-refractivity contribution in [3.05, 3.63) is 46.8 Å². The Morgan fingerprint density at radius 3 is 3.05 bits per heavy atom. The average molecular weight is 396 g/mol. The molecule has 21 heavy (non-hydrogen) atoms. The van der Waals surface area contributed by atoms with Crippen molar-refractivity contribution in [3.8, 4) is 0 Å². The number of amides is 1. The fourth-order valence-electron chi connectivity index (χ4n) is 2.49. The van der Waals surface area contributed by atoms with Crippen molar-refractivity contribution in [1.82, 2.24) is 15.1 Å². The van der Waals surface area contributed by atoms with Crippen LogP contribution in [-0.2, 0) is 17.5 Å². The SMILES string of the molecule is Cc1cc(C(=O)Nc2ccc3c(c2)CCNC3)nn1CI. The van der Waals surface area contributed by atoms with Crippen LogP contribution < -0.4 is 10.6 Å². The first-order chi connectivity index (χ1) is 10.2. The van der Waals surface area contributed by atoms with Crippen molar-refractivity contribution in [3.63, 3.8) is 0 Å². The molecule has 110 valence electrons. The van der Waals surface area contributed by atoms with Crippen LogP contribution in [-0.4, -0.2) is 22.2 Å². The number of alkyl halides is 1. The Morgan fingerprint density at radius 1 is 1.43 bits per heavy atom. The zero-order valence-electron chi connectivity index (χ0n) is 11.8. The molecule has 2 aromatic rings. The molecule has 1 aromatic carbocycles. The largest absolute Gasteiger partial charge is 0.321 e. The van der Waals surface area contributed by atoms with E-state index >= 15 is 0 Å². The summed E-state index contributed by atoms with van der Waals surface area (Å²) in [7, 11) is 0. The van der Waals surface area contributed by atoms with Crippen LogP contribution in [0.3, 0.4) is 0 Å². The van der Waals surface area contributed by atoms with Crippen molar-refractivity contribution in [1.29, 1.82) is 0 Å². The summed E-state index contributed by atoms with van der Waals surface area (Å²) in [4.78, 5) is 12.3. The molecule has 2 heterocycles. The molecule has 0 saturated carbocycles. The summed E-state index contributed by atoms with van der Waals surface area (Å²) in [6.07, 6.45) is 1.00. The standard InChI is InChI=1S/C15H17IN4O/c1-10-6-14(19-20(10)9-16)15(21)18-13-3-2-12-8-17-5-4-11(12)7-13/h2-3,6-7,17H,4-5,8-9H2,1H3,(H,18,21). The monoisotopic (exact) mass is 396 g/mol. The van der Waals surface area contributed by atoms with Gasteiger partial charge in [0.25, 0.3) is 5.91 Å². The molecule has 3 rings (SSSR count). The summed E-state index contributed by atoms with van der Waals surface area (Å²) < 4.78 is 2.55. The van der Waals surface area contributed by atoms with Crippen LogP contribution in [0.2, 0.25) is 0 Å². The summed E-state index contributed by atoms with van der Waals surface area (Å²) >= 11 is 2.23. The Balaban J connectivity index is 1.77. The molecule has 1 amide bonds. The van der Waals surface area contributed by atoms with Gasteiger partial charge < -0.3 is 10.6 Å². The van der Waals surface area contributed by atoms with E-state index in [1.54, 1.807) is 0 Å². The lowest BCUT2D eigenvalue weighted by molar-refractivity contribution is 0.102. The minimum atomic E-state index is -0.157. The van der Waals surface area contributed by atoms with E-state index < -0.39 is 0 Å². The molecule has 0 fully saturated rings.